The number of carbonyl (C=O) groups is 1. The number of halogens is 2. The van der Waals surface area contributed by atoms with Gasteiger partial charge in [-0.3, -0.25) is 9.89 Å². The smallest absolute Gasteiger partial charge is 0.234 e. The monoisotopic (exact) mass is 302 g/mol. The number of anilines is 1. The maximum Gasteiger partial charge on any atom is 0.234 e. The average molecular weight is 303 g/mol. The summed E-state index contributed by atoms with van der Waals surface area (Å²) in [6.45, 7) is 0. The summed E-state index contributed by atoms with van der Waals surface area (Å²) < 4.78 is 0. The molecule has 0 unspecified atom stereocenters. The average Bonchev–Trinajstić information content (AvgIpc) is 2.84. The predicted molar refractivity (Wildman–Crippen MR) is 72.2 cm³/mol. The molecule has 1 heterocycles. The molecule has 2 N–H and O–H groups in total. The summed E-state index contributed by atoms with van der Waals surface area (Å²) in [4.78, 5) is 15.6. The summed E-state index contributed by atoms with van der Waals surface area (Å²) in [5, 5.41) is 10.5. The molecule has 0 aliphatic rings. The van der Waals surface area contributed by atoms with Crippen LogP contribution < -0.4 is 5.32 Å². The molecule has 94 valence electrons. The van der Waals surface area contributed by atoms with E-state index in [9.17, 15) is 4.79 Å². The van der Waals surface area contributed by atoms with Crippen LogP contribution in [0.15, 0.2) is 29.7 Å². The fourth-order valence-corrected chi connectivity index (χ4v) is 2.09. The fraction of sp³-hybridized carbons (Fsp3) is 0.100. The molecular weight excluding hydrogens is 295 g/mol. The largest absolute Gasteiger partial charge is 0.324 e. The number of hydrogen-bond acceptors (Lipinski definition) is 4. The number of nitrogens with zero attached hydrogens (tertiary/aromatic N) is 2. The summed E-state index contributed by atoms with van der Waals surface area (Å²) in [5.41, 5.74) is 0.493. The Morgan fingerprint density at radius 3 is 3.00 bits per heavy atom. The van der Waals surface area contributed by atoms with E-state index in [-0.39, 0.29) is 11.7 Å². The summed E-state index contributed by atoms with van der Waals surface area (Å²) >= 11 is 13.0. The Morgan fingerprint density at radius 2 is 2.28 bits per heavy atom. The molecule has 18 heavy (non-hydrogen) atoms. The number of aromatic amines is 1. The molecule has 0 radical (unpaired) electrons. The highest BCUT2D eigenvalue weighted by molar-refractivity contribution is 7.99. The number of rotatable bonds is 4. The molecule has 0 saturated heterocycles. The first-order valence-electron chi connectivity index (χ1n) is 4.88. The molecular formula is C10H8Cl2N4OS. The van der Waals surface area contributed by atoms with Crippen molar-refractivity contribution in [2.24, 2.45) is 0 Å². The van der Waals surface area contributed by atoms with Crippen LogP contribution in [0.1, 0.15) is 0 Å². The highest BCUT2D eigenvalue weighted by Crippen LogP contribution is 2.25. The van der Waals surface area contributed by atoms with Gasteiger partial charge in [0.2, 0.25) is 5.91 Å². The summed E-state index contributed by atoms with van der Waals surface area (Å²) in [7, 11) is 0. The Balaban J connectivity index is 1.92. The van der Waals surface area contributed by atoms with E-state index in [0.717, 1.165) is 0 Å². The molecule has 8 heteroatoms. The van der Waals surface area contributed by atoms with Gasteiger partial charge in [-0.2, -0.15) is 5.10 Å². The van der Waals surface area contributed by atoms with Crippen LogP contribution in [-0.2, 0) is 4.79 Å². The molecule has 0 fully saturated rings. The molecule has 0 aliphatic heterocycles. The lowest BCUT2D eigenvalue weighted by molar-refractivity contribution is -0.113. The first-order chi connectivity index (χ1) is 8.65. The third-order valence-electron chi connectivity index (χ3n) is 1.94. The second kappa shape index (κ2) is 6.08. The molecule has 1 amide bonds. The van der Waals surface area contributed by atoms with E-state index < -0.39 is 0 Å². The van der Waals surface area contributed by atoms with Gasteiger partial charge in [0.05, 0.1) is 16.5 Å². The van der Waals surface area contributed by atoms with Gasteiger partial charge in [0.25, 0.3) is 0 Å². The van der Waals surface area contributed by atoms with Crippen LogP contribution in [-0.4, -0.2) is 26.8 Å². The summed E-state index contributed by atoms with van der Waals surface area (Å²) in [6, 6.07) is 4.88. The van der Waals surface area contributed by atoms with Crippen molar-refractivity contribution in [2.75, 3.05) is 11.1 Å². The quantitative estimate of drug-likeness (QED) is 0.852. The Bertz CT molecular complexity index is 547. The third kappa shape index (κ3) is 3.63. The van der Waals surface area contributed by atoms with Crippen molar-refractivity contribution in [3.05, 3.63) is 34.6 Å². The SMILES string of the molecule is O=C(CSc1ncn[nH]1)Nc1cc(Cl)ccc1Cl. The van der Waals surface area contributed by atoms with Gasteiger partial charge in [-0.1, -0.05) is 35.0 Å². The van der Waals surface area contributed by atoms with Gasteiger partial charge < -0.3 is 5.32 Å². The van der Waals surface area contributed by atoms with Gasteiger partial charge in [-0.15, -0.1) is 0 Å². The van der Waals surface area contributed by atoms with E-state index in [1.165, 1.54) is 18.1 Å². The van der Waals surface area contributed by atoms with Crippen molar-refractivity contribution >= 4 is 46.6 Å². The summed E-state index contributed by atoms with van der Waals surface area (Å²) in [5.74, 6) is 0.0125. The zero-order valence-corrected chi connectivity index (χ0v) is 11.3. The van der Waals surface area contributed by atoms with E-state index in [1.54, 1.807) is 18.2 Å². The zero-order valence-electron chi connectivity index (χ0n) is 8.98. The highest BCUT2D eigenvalue weighted by Gasteiger charge is 2.08. The molecule has 2 rings (SSSR count). The molecule has 5 nitrogen and oxygen atoms in total. The van der Waals surface area contributed by atoms with Crippen molar-refractivity contribution in [1.29, 1.82) is 0 Å². The normalized spacial score (nSPS) is 10.3. The predicted octanol–water partition coefficient (Wildman–Crippen LogP) is 2.84. The van der Waals surface area contributed by atoms with Gasteiger partial charge in [0.15, 0.2) is 5.16 Å². The van der Waals surface area contributed by atoms with Crippen LogP contribution in [0.25, 0.3) is 0 Å². The number of nitrogens with one attached hydrogen (secondary N) is 2. The lowest BCUT2D eigenvalue weighted by Crippen LogP contribution is -2.14. The number of hydrogen-bond donors (Lipinski definition) is 2. The minimum absolute atomic E-state index is 0.194. The van der Waals surface area contributed by atoms with Crippen LogP contribution in [0, 0.1) is 0 Å². The molecule has 0 spiro atoms. The lowest BCUT2D eigenvalue weighted by atomic mass is 10.3. The maximum atomic E-state index is 11.7. The molecule has 0 aliphatic carbocycles. The van der Waals surface area contributed by atoms with Crippen LogP contribution in [0.5, 0.6) is 0 Å². The van der Waals surface area contributed by atoms with Crippen molar-refractivity contribution in [2.45, 2.75) is 5.16 Å². The Hall–Kier alpha value is -1.24. The van der Waals surface area contributed by atoms with E-state index >= 15 is 0 Å². The van der Waals surface area contributed by atoms with E-state index in [2.05, 4.69) is 20.5 Å². The molecule has 0 bridgehead atoms. The van der Waals surface area contributed by atoms with E-state index in [4.69, 9.17) is 23.2 Å². The lowest BCUT2D eigenvalue weighted by Gasteiger charge is -2.06. The van der Waals surface area contributed by atoms with Gasteiger partial charge in [-0.25, -0.2) is 4.98 Å². The fourth-order valence-electron chi connectivity index (χ4n) is 1.18. The standard InChI is InChI=1S/C10H8Cl2N4OS/c11-6-1-2-7(12)8(3-6)15-9(17)4-18-10-13-5-14-16-10/h1-3,5H,4H2,(H,15,17)(H,13,14,16). The first kappa shape index (κ1) is 13.2. The number of aromatic nitrogens is 3. The van der Waals surface area contributed by atoms with E-state index in [1.807, 2.05) is 0 Å². The van der Waals surface area contributed by atoms with Crippen molar-refractivity contribution < 1.29 is 4.79 Å². The number of thioether (sulfide) groups is 1. The van der Waals surface area contributed by atoms with Crippen molar-refractivity contribution in [3.63, 3.8) is 0 Å². The molecule has 1 aromatic carbocycles. The number of carbonyl (C=O) groups excluding carboxylic acids is 1. The Kier molecular flexibility index (Phi) is 4.46. The molecule has 1 aromatic heterocycles. The van der Waals surface area contributed by atoms with Gasteiger partial charge >= 0.3 is 0 Å². The Morgan fingerprint density at radius 1 is 1.44 bits per heavy atom. The van der Waals surface area contributed by atoms with Gasteiger partial charge in [0.1, 0.15) is 6.33 Å². The maximum absolute atomic E-state index is 11.7. The number of amides is 1. The van der Waals surface area contributed by atoms with Crippen LogP contribution in [0.2, 0.25) is 10.0 Å². The van der Waals surface area contributed by atoms with Crippen LogP contribution >= 0.6 is 35.0 Å². The highest BCUT2D eigenvalue weighted by atomic mass is 35.5. The molecule has 0 saturated carbocycles. The Labute approximate surface area is 117 Å². The minimum Gasteiger partial charge on any atom is -0.324 e. The van der Waals surface area contributed by atoms with Gasteiger partial charge in [-0.05, 0) is 18.2 Å². The van der Waals surface area contributed by atoms with Crippen molar-refractivity contribution in [1.82, 2.24) is 15.2 Å². The van der Waals surface area contributed by atoms with E-state index in [0.29, 0.717) is 20.9 Å². The van der Waals surface area contributed by atoms with Crippen LogP contribution in [0.3, 0.4) is 0 Å². The number of benzene rings is 1. The molecule has 0 atom stereocenters. The second-order valence-corrected chi connectivity index (χ2v) is 5.06. The van der Waals surface area contributed by atoms with Crippen LogP contribution in [0.4, 0.5) is 5.69 Å². The topological polar surface area (TPSA) is 70.7 Å². The summed E-state index contributed by atoms with van der Waals surface area (Å²) in [6.07, 6.45) is 1.38. The first-order valence-corrected chi connectivity index (χ1v) is 6.62. The second-order valence-electron chi connectivity index (χ2n) is 3.25. The van der Waals surface area contributed by atoms with Crippen molar-refractivity contribution in [3.8, 4) is 0 Å². The third-order valence-corrected chi connectivity index (χ3v) is 3.38. The van der Waals surface area contributed by atoms with Gasteiger partial charge in [0, 0.05) is 5.02 Å². The number of H-pyrrole nitrogens is 1. The molecule has 2 aromatic rings. The minimum atomic E-state index is -0.194. The zero-order chi connectivity index (χ0) is 13.0.